The van der Waals surface area contributed by atoms with Crippen LogP contribution in [0.2, 0.25) is 0 Å². The summed E-state index contributed by atoms with van der Waals surface area (Å²) in [6, 6.07) is 12.8. The van der Waals surface area contributed by atoms with E-state index >= 15 is 0 Å². The van der Waals surface area contributed by atoms with Crippen molar-refractivity contribution in [1.29, 1.82) is 0 Å². The highest BCUT2D eigenvalue weighted by molar-refractivity contribution is 7.22. The molecule has 0 bridgehead atoms. The first-order valence-electron chi connectivity index (χ1n) is 9.75. The molecule has 0 aliphatic heterocycles. The first-order chi connectivity index (χ1) is 15.2. The van der Waals surface area contributed by atoms with Gasteiger partial charge in [-0.2, -0.15) is 0 Å². The lowest BCUT2D eigenvalue weighted by atomic mass is 10.3. The summed E-state index contributed by atoms with van der Waals surface area (Å²) in [6.07, 6.45) is -4.78. The quantitative estimate of drug-likeness (QED) is 0.473. The number of ether oxygens (including phenoxy) is 2. The Bertz CT molecular complexity index is 1030. The second-order valence-electron chi connectivity index (χ2n) is 7.02. The van der Waals surface area contributed by atoms with E-state index in [-0.39, 0.29) is 24.9 Å². The van der Waals surface area contributed by atoms with Crippen LogP contribution < -0.4 is 19.7 Å². The van der Waals surface area contributed by atoms with Crippen LogP contribution in [0.15, 0.2) is 48.5 Å². The number of amides is 2. The highest BCUT2D eigenvalue weighted by Crippen LogP contribution is 2.33. The molecule has 7 nitrogen and oxygen atoms in total. The van der Waals surface area contributed by atoms with Gasteiger partial charge in [0.1, 0.15) is 18.1 Å². The van der Waals surface area contributed by atoms with Gasteiger partial charge in [-0.15, -0.1) is 13.2 Å². The molecule has 3 rings (SSSR count). The van der Waals surface area contributed by atoms with Gasteiger partial charge in [-0.05, 0) is 38.4 Å². The topological polar surface area (TPSA) is 66.9 Å². The number of carbonyl (C=O) groups excluding carboxylic acids is 1. The molecule has 0 fully saturated rings. The van der Waals surface area contributed by atoms with Crippen LogP contribution in [0.1, 0.15) is 0 Å². The summed E-state index contributed by atoms with van der Waals surface area (Å²) in [5.41, 5.74) is 0.481. The number of benzene rings is 2. The first-order valence-corrected chi connectivity index (χ1v) is 10.6. The number of carbonyl (C=O) groups is 1. The number of aromatic nitrogens is 1. The van der Waals surface area contributed by atoms with Crippen molar-refractivity contribution in [3.8, 4) is 11.5 Å². The molecule has 0 saturated carbocycles. The van der Waals surface area contributed by atoms with Crippen molar-refractivity contribution >= 4 is 32.7 Å². The lowest BCUT2D eigenvalue weighted by molar-refractivity contribution is -0.274. The van der Waals surface area contributed by atoms with Crippen molar-refractivity contribution in [3.63, 3.8) is 0 Å². The molecular formula is C21H23F3N4O3S. The van der Waals surface area contributed by atoms with Gasteiger partial charge in [0, 0.05) is 19.2 Å². The summed E-state index contributed by atoms with van der Waals surface area (Å²) in [4.78, 5) is 20.6. The van der Waals surface area contributed by atoms with Gasteiger partial charge in [-0.1, -0.05) is 29.5 Å². The summed E-state index contributed by atoms with van der Waals surface area (Å²) in [7, 11) is 3.76. The molecule has 1 heterocycles. The van der Waals surface area contributed by atoms with Crippen LogP contribution in [0.5, 0.6) is 11.5 Å². The molecule has 172 valence electrons. The van der Waals surface area contributed by atoms with E-state index in [1.54, 1.807) is 0 Å². The minimum absolute atomic E-state index is 0.278. The lowest BCUT2D eigenvalue weighted by Crippen LogP contribution is -2.44. The Morgan fingerprint density at radius 1 is 1.09 bits per heavy atom. The Morgan fingerprint density at radius 2 is 1.84 bits per heavy atom. The fourth-order valence-corrected chi connectivity index (χ4v) is 3.75. The van der Waals surface area contributed by atoms with E-state index in [1.807, 2.05) is 49.3 Å². The number of thiazole rings is 1. The third-order valence-electron chi connectivity index (χ3n) is 4.22. The lowest BCUT2D eigenvalue weighted by Gasteiger charge is -2.22. The highest BCUT2D eigenvalue weighted by atomic mass is 32.1. The Kier molecular flexibility index (Phi) is 7.75. The molecule has 32 heavy (non-hydrogen) atoms. The highest BCUT2D eigenvalue weighted by Gasteiger charge is 2.31. The van der Waals surface area contributed by atoms with Crippen LogP contribution in [-0.2, 0) is 0 Å². The van der Waals surface area contributed by atoms with Crippen molar-refractivity contribution in [3.05, 3.63) is 48.5 Å². The standard InChI is InChI=1S/C21H23F3N4O3S/c1-27(2)11-12-28(19(29)25-10-13-30-15-6-4-3-5-7-15)20-26-17-9-8-16(14-18(17)32-20)31-21(22,23)24/h3-9,14H,10-13H2,1-2H3,(H,25,29). The van der Waals surface area contributed by atoms with Gasteiger partial charge in [-0.3, -0.25) is 4.90 Å². The summed E-state index contributed by atoms with van der Waals surface area (Å²) >= 11 is 1.12. The second-order valence-corrected chi connectivity index (χ2v) is 8.03. The molecular weight excluding hydrogens is 445 g/mol. The number of rotatable bonds is 9. The van der Waals surface area contributed by atoms with E-state index in [2.05, 4.69) is 15.0 Å². The van der Waals surface area contributed by atoms with Gasteiger partial charge in [0.05, 0.1) is 16.8 Å². The van der Waals surface area contributed by atoms with Gasteiger partial charge in [-0.25, -0.2) is 9.78 Å². The number of nitrogens with zero attached hydrogens (tertiary/aromatic N) is 3. The third kappa shape index (κ3) is 6.99. The van der Waals surface area contributed by atoms with Crippen molar-refractivity contribution in [2.24, 2.45) is 0 Å². The van der Waals surface area contributed by atoms with Crippen molar-refractivity contribution in [2.75, 3.05) is 45.2 Å². The van der Waals surface area contributed by atoms with Crippen LogP contribution in [-0.4, -0.2) is 62.6 Å². The number of likely N-dealkylation sites (N-methyl/N-ethyl adjacent to an activating group) is 1. The Balaban J connectivity index is 1.69. The SMILES string of the molecule is CN(C)CCN(C(=O)NCCOc1ccccc1)c1nc2ccc(OC(F)(F)F)cc2s1. The zero-order valence-electron chi connectivity index (χ0n) is 17.6. The maximum Gasteiger partial charge on any atom is 0.573 e. The van der Waals surface area contributed by atoms with Crippen LogP contribution in [0, 0.1) is 0 Å². The largest absolute Gasteiger partial charge is 0.573 e. The van der Waals surface area contributed by atoms with Crippen molar-refractivity contribution in [2.45, 2.75) is 6.36 Å². The number of urea groups is 1. The second kappa shape index (κ2) is 10.5. The molecule has 11 heteroatoms. The fourth-order valence-electron chi connectivity index (χ4n) is 2.73. The number of fused-ring (bicyclic) bond motifs is 1. The van der Waals surface area contributed by atoms with Crippen LogP contribution >= 0.6 is 11.3 Å². The summed E-state index contributed by atoms with van der Waals surface area (Å²) < 4.78 is 47.5. The van der Waals surface area contributed by atoms with E-state index in [1.165, 1.54) is 23.1 Å². The van der Waals surface area contributed by atoms with Crippen LogP contribution in [0.25, 0.3) is 10.2 Å². The average Bonchev–Trinajstić information content (AvgIpc) is 3.13. The molecule has 0 spiro atoms. The Morgan fingerprint density at radius 3 is 2.53 bits per heavy atom. The van der Waals surface area contributed by atoms with Crippen LogP contribution in [0.3, 0.4) is 0 Å². The monoisotopic (exact) mass is 468 g/mol. The normalized spacial score (nSPS) is 11.6. The summed E-state index contributed by atoms with van der Waals surface area (Å²) in [5.74, 6) is 0.372. The number of halogens is 3. The zero-order chi connectivity index (χ0) is 23.1. The fraction of sp³-hybridized carbons (Fsp3) is 0.333. The Labute approximate surface area is 187 Å². The molecule has 0 saturated heterocycles. The average molecular weight is 469 g/mol. The van der Waals surface area contributed by atoms with Gasteiger partial charge in [0.25, 0.3) is 0 Å². The number of para-hydroxylation sites is 1. The number of alkyl halides is 3. The number of anilines is 1. The molecule has 1 N–H and O–H groups in total. The summed E-state index contributed by atoms with van der Waals surface area (Å²) in [5, 5.41) is 3.18. The van der Waals surface area contributed by atoms with Crippen molar-refractivity contribution < 1.29 is 27.4 Å². The minimum atomic E-state index is -4.78. The molecule has 0 atom stereocenters. The maximum absolute atomic E-state index is 12.8. The van der Waals surface area contributed by atoms with E-state index in [0.29, 0.717) is 34.2 Å². The number of hydrogen-bond donors (Lipinski definition) is 1. The van der Waals surface area contributed by atoms with E-state index in [9.17, 15) is 18.0 Å². The third-order valence-corrected chi connectivity index (χ3v) is 5.26. The zero-order valence-corrected chi connectivity index (χ0v) is 18.4. The van der Waals surface area contributed by atoms with E-state index in [0.717, 1.165) is 11.3 Å². The van der Waals surface area contributed by atoms with E-state index in [4.69, 9.17) is 4.74 Å². The molecule has 0 aliphatic carbocycles. The molecule has 2 aromatic carbocycles. The molecule has 0 aliphatic rings. The van der Waals surface area contributed by atoms with Gasteiger partial charge >= 0.3 is 12.4 Å². The molecule has 0 radical (unpaired) electrons. The molecule has 0 unspecified atom stereocenters. The van der Waals surface area contributed by atoms with Gasteiger partial charge < -0.3 is 19.7 Å². The Hall–Kier alpha value is -3.05. The van der Waals surface area contributed by atoms with Gasteiger partial charge in [0.2, 0.25) is 0 Å². The van der Waals surface area contributed by atoms with Crippen LogP contribution in [0.4, 0.5) is 23.1 Å². The molecule has 3 aromatic rings. The predicted octanol–water partition coefficient (Wildman–Crippen LogP) is 4.35. The van der Waals surface area contributed by atoms with Crippen molar-refractivity contribution in [1.82, 2.24) is 15.2 Å². The molecule has 2 amide bonds. The van der Waals surface area contributed by atoms with Gasteiger partial charge in [0.15, 0.2) is 5.13 Å². The number of hydrogen-bond acceptors (Lipinski definition) is 6. The van der Waals surface area contributed by atoms with E-state index < -0.39 is 6.36 Å². The smallest absolute Gasteiger partial charge is 0.492 e. The minimum Gasteiger partial charge on any atom is -0.492 e. The first kappa shape index (κ1) is 23.6. The number of nitrogens with one attached hydrogen (secondary N) is 1. The maximum atomic E-state index is 12.8. The predicted molar refractivity (Wildman–Crippen MR) is 118 cm³/mol. The molecule has 1 aromatic heterocycles. The summed E-state index contributed by atoms with van der Waals surface area (Å²) in [6.45, 7) is 1.49.